The monoisotopic (exact) mass is 522 g/mol. The Bertz CT molecular complexity index is 1260. The fourth-order valence-corrected chi connectivity index (χ4v) is 3.97. The van der Waals surface area contributed by atoms with E-state index < -0.39 is 6.09 Å². The Labute approximate surface area is 221 Å². The summed E-state index contributed by atoms with van der Waals surface area (Å²) in [6.45, 7) is 8.75. The number of carbonyl (C=O) groups excluding carboxylic acids is 2. The third-order valence-corrected chi connectivity index (χ3v) is 6.08. The predicted molar refractivity (Wildman–Crippen MR) is 145 cm³/mol. The van der Waals surface area contributed by atoms with E-state index in [0.717, 1.165) is 31.0 Å². The fourth-order valence-electron chi connectivity index (χ4n) is 3.97. The summed E-state index contributed by atoms with van der Waals surface area (Å²) in [5, 5.41) is 7.59. The number of ether oxygens (including phenoxy) is 1. The number of benzene rings is 1. The van der Waals surface area contributed by atoms with Crippen LogP contribution in [0.15, 0.2) is 36.7 Å². The van der Waals surface area contributed by atoms with E-state index in [1.165, 1.54) is 15.9 Å². The van der Waals surface area contributed by atoms with Crippen LogP contribution in [0.1, 0.15) is 27.2 Å². The van der Waals surface area contributed by atoms with Crippen LogP contribution in [0.25, 0.3) is 5.82 Å². The topological polar surface area (TPSA) is 148 Å². The molecule has 0 aliphatic carbocycles. The molecule has 13 heteroatoms. The molecule has 1 aromatic carbocycles. The number of hydrogen-bond donors (Lipinski definition) is 2. The van der Waals surface area contributed by atoms with E-state index in [9.17, 15) is 9.59 Å². The molecule has 13 nitrogen and oxygen atoms in total. The van der Waals surface area contributed by atoms with E-state index in [0.29, 0.717) is 37.1 Å². The van der Waals surface area contributed by atoms with Crippen molar-refractivity contribution in [2.24, 2.45) is 5.92 Å². The summed E-state index contributed by atoms with van der Waals surface area (Å²) in [6, 6.07) is 9.02. The molecular weight excluding hydrogens is 488 g/mol. The van der Waals surface area contributed by atoms with Gasteiger partial charge in [0.25, 0.3) is 0 Å². The van der Waals surface area contributed by atoms with Gasteiger partial charge in [0.05, 0.1) is 6.61 Å². The van der Waals surface area contributed by atoms with Crippen molar-refractivity contribution in [3.05, 3.63) is 36.7 Å². The van der Waals surface area contributed by atoms with Crippen molar-refractivity contribution in [2.75, 3.05) is 60.7 Å². The Morgan fingerprint density at radius 2 is 1.84 bits per heavy atom. The van der Waals surface area contributed by atoms with Gasteiger partial charge < -0.3 is 25.6 Å². The van der Waals surface area contributed by atoms with Crippen molar-refractivity contribution in [2.45, 2.75) is 27.2 Å². The zero-order valence-corrected chi connectivity index (χ0v) is 22.2. The highest BCUT2D eigenvalue weighted by atomic mass is 16.6. The zero-order valence-electron chi connectivity index (χ0n) is 22.2. The van der Waals surface area contributed by atoms with Gasteiger partial charge in [0.2, 0.25) is 17.8 Å². The molecule has 2 aromatic heterocycles. The molecule has 4 rings (SSSR count). The van der Waals surface area contributed by atoms with E-state index in [2.05, 4.69) is 30.3 Å². The summed E-state index contributed by atoms with van der Waals surface area (Å²) in [6.07, 6.45) is 1.91. The van der Waals surface area contributed by atoms with Crippen LogP contribution in [0.2, 0.25) is 0 Å². The molecule has 0 atom stereocenters. The molecule has 1 aliphatic rings. The molecule has 1 aliphatic heterocycles. The summed E-state index contributed by atoms with van der Waals surface area (Å²) in [4.78, 5) is 42.4. The van der Waals surface area contributed by atoms with Gasteiger partial charge in [0.15, 0.2) is 5.82 Å². The summed E-state index contributed by atoms with van der Waals surface area (Å²) in [7, 11) is 1.66. The number of nitrogens with one attached hydrogen (secondary N) is 1. The predicted octanol–water partition coefficient (Wildman–Crippen LogP) is 2.67. The van der Waals surface area contributed by atoms with E-state index in [1.807, 2.05) is 30.9 Å². The Hall–Kier alpha value is -4.42. The summed E-state index contributed by atoms with van der Waals surface area (Å²) >= 11 is 0. The quantitative estimate of drug-likeness (QED) is 0.474. The Kier molecular flexibility index (Phi) is 8.24. The highest BCUT2D eigenvalue weighted by Gasteiger charge is 2.19. The van der Waals surface area contributed by atoms with Gasteiger partial charge in [-0.3, -0.25) is 9.69 Å². The molecule has 3 N–H and O–H groups in total. The Balaban J connectivity index is 1.43. The molecule has 2 amide bonds. The van der Waals surface area contributed by atoms with Crippen LogP contribution in [0, 0.1) is 5.92 Å². The third-order valence-electron chi connectivity index (χ3n) is 6.08. The first-order chi connectivity index (χ1) is 18.2. The molecule has 0 bridgehead atoms. The van der Waals surface area contributed by atoms with Gasteiger partial charge >= 0.3 is 6.09 Å². The average Bonchev–Trinajstić information content (AvgIpc) is 3.10. The molecule has 0 spiro atoms. The lowest BCUT2D eigenvalue weighted by Gasteiger charge is -2.22. The maximum absolute atomic E-state index is 12.2. The van der Waals surface area contributed by atoms with E-state index in [-0.39, 0.29) is 17.8 Å². The lowest BCUT2D eigenvalue weighted by atomic mass is 10.2. The normalized spacial score (nSPS) is 13.8. The van der Waals surface area contributed by atoms with Gasteiger partial charge in [0.1, 0.15) is 12.1 Å². The molecule has 3 heterocycles. The highest BCUT2D eigenvalue weighted by Crippen LogP contribution is 2.22. The molecule has 202 valence electrons. The van der Waals surface area contributed by atoms with Gasteiger partial charge in [-0.25, -0.2) is 14.8 Å². The van der Waals surface area contributed by atoms with Gasteiger partial charge in [-0.2, -0.15) is 9.67 Å². The zero-order chi connectivity index (χ0) is 27.2. The summed E-state index contributed by atoms with van der Waals surface area (Å²) < 4.78 is 6.72. The first-order valence-corrected chi connectivity index (χ1v) is 12.5. The lowest BCUT2D eigenvalue weighted by Crippen LogP contribution is -2.33. The number of nitrogens with zero attached hydrogens (tertiary/aromatic N) is 8. The Morgan fingerprint density at radius 1 is 1.11 bits per heavy atom. The number of carbonyl (C=O) groups is 2. The largest absolute Gasteiger partial charge is 0.449 e. The van der Waals surface area contributed by atoms with Crippen molar-refractivity contribution >= 4 is 41.1 Å². The van der Waals surface area contributed by atoms with Crippen molar-refractivity contribution in [3.63, 3.8) is 0 Å². The van der Waals surface area contributed by atoms with Gasteiger partial charge in [0, 0.05) is 57.6 Å². The molecule has 3 aromatic rings. The number of anilines is 5. The molecule has 0 saturated carbocycles. The minimum absolute atomic E-state index is 0.0800. The van der Waals surface area contributed by atoms with Crippen LogP contribution in [0.5, 0.6) is 0 Å². The average molecular weight is 523 g/mol. The smallest absolute Gasteiger partial charge is 0.414 e. The lowest BCUT2D eigenvalue weighted by molar-refractivity contribution is -0.128. The molecule has 1 saturated heterocycles. The van der Waals surface area contributed by atoms with Gasteiger partial charge in [-0.05, 0) is 36.6 Å². The fraction of sp³-hybridized carbons (Fsp3) is 0.440. The number of aromatic nitrogens is 5. The number of nitrogens with two attached hydrogens (primary N) is 1. The van der Waals surface area contributed by atoms with Crippen LogP contribution in [-0.2, 0) is 9.53 Å². The van der Waals surface area contributed by atoms with Gasteiger partial charge in [-0.15, -0.1) is 5.10 Å². The summed E-state index contributed by atoms with van der Waals surface area (Å²) in [5.41, 5.74) is 7.56. The standard InChI is InChI=1S/C25H34N10O3/c1-17(2)15-38-25(37)32(4)20-8-6-19(7-9-20)29-24-30-23(26)35(31-24)22-14-21(27-16-28-22)34-11-5-10-33(12-13-34)18(3)36/h6-9,14,16-17H,5,10-13,15H2,1-4H3,(H3,26,29,30,31). The van der Waals surface area contributed by atoms with Crippen LogP contribution in [-0.4, -0.2) is 81.5 Å². The first-order valence-electron chi connectivity index (χ1n) is 12.5. The van der Waals surface area contributed by atoms with Crippen LogP contribution in [0.4, 0.5) is 33.9 Å². The molecule has 0 unspecified atom stereocenters. The second-order valence-corrected chi connectivity index (χ2v) is 9.49. The number of amides is 2. The van der Waals surface area contributed by atoms with E-state index >= 15 is 0 Å². The second-order valence-electron chi connectivity index (χ2n) is 9.49. The maximum Gasteiger partial charge on any atom is 0.414 e. The highest BCUT2D eigenvalue weighted by molar-refractivity contribution is 5.87. The number of rotatable bonds is 7. The summed E-state index contributed by atoms with van der Waals surface area (Å²) in [5.74, 6) is 2.03. The minimum Gasteiger partial charge on any atom is -0.449 e. The number of nitrogen functional groups attached to an aromatic ring is 1. The third kappa shape index (κ3) is 6.47. The van der Waals surface area contributed by atoms with Crippen molar-refractivity contribution in [1.82, 2.24) is 29.6 Å². The molecule has 1 fully saturated rings. The molecule has 0 radical (unpaired) electrons. The van der Waals surface area contributed by atoms with E-state index in [4.69, 9.17) is 10.5 Å². The first kappa shape index (κ1) is 26.6. The Morgan fingerprint density at radius 3 is 2.55 bits per heavy atom. The van der Waals surface area contributed by atoms with Crippen molar-refractivity contribution in [1.29, 1.82) is 0 Å². The van der Waals surface area contributed by atoms with E-state index in [1.54, 1.807) is 32.2 Å². The van der Waals surface area contributed by atoms with Crippen LogP contribution in [0.3, 0.4) is 0 Å². The molecular formula is C25H34N10O3. The number of hydrogen-bond acceptors (Lipinski definition) is 10. The van der Waals surface area contributed by atoms with Crippen molar-refractivity contribution in [3.8, 4) is 5.82 Å². The second kappa shape index (κ2) is 11.8. The SMILES string of the molecule is CC(=O)N1CCCN(c2cc(-n3nc(Nc4ccc(N(C)C(=O)OCC(C)C)cc4)nc3N)ncn2)CC1. The maximum atomic E-state index is 12.2. The minimum atomic E-state index is -0.409. The van der Waals surface area contributed by atoms with Gasteiger partial charge in [-0.1, -0.05) is 13.8 Å². The molecule has 38 heavy (non-hydrogen) atoms. The van der Waals surface area contributed by atoms with Crippen LogP contribution >= 0.6 is 0 Å². The van der Waals surface area contributed by atoms with Crippen molar-refractivity contribution < 1.29 is 14.3 Å². The van der Waals surface area contributed by atoms with Crippen LogP contribution < -0.4 is 20.9 Å².